The number of aromatic nitrogens is 6. The number of fused-ring (bicyclic) bond motifs is 2. The third-order valence-corrected chi connectivity index (χ3v) is 7.20. The molecule has 1 saturated heterocycles. The predicted molar refractivity (Wildman–Crippen MR) is 152 cm³/mol. The molecule has 0 atom stereocenters. The molecule has 1 aliphatic heterocycles. The lowest BCUT2D eigenvalue weighted by Gasteiger charge is -2.34. The Morgan fingerprint density at radius 2 is 1.87 bits per heavy atom. The van der Waals surface area contributed by atoms with Gasteiger partial charge in [-0.1, -0.05) is 18.7 Å². The van der Waals surface area contributed by atoms with Gasteiger partial charge in [-0.2, -0.15) is 0 Å². The Balaban J connectivity index is 1.20. The second-order valence-electron chi connectivity index (χ2n) is 9.76. The smallest absolute Gasteiger partial charge is 0.246 e. The van der Waals surface area contributed by atoms with Crippen molar-refractivity contribution in [3.05, 3.63) is 84.6 Å². The van der Waals surface area contributed by atoms with Crippen LogP contribution in [0.1, 0.15) is 16.7 Å². The predicted octanol–water partition coefficient (Wildman–Crippen LogP) is 3.78. The summed E-state index contributed by atoms with van der Waals surface area (Å²) in [4.78, 5) is 38.4. The Morgan fingerprint density at radius 3 is 2.67 bits per heavy atom. The van der Waals surface area contributed by atoms with Crippen molar-refractivity contribution in [3.63, 3.8) is 0 Å². The number of benzene rings is 2. The minimum Gasteiger partial charge on any atom is -0.338 e. The molecular weight excluding hydrogens is 490 g/mol. The lowest BCUT2D eigenvalue weighted by Crippen LogP contribution is -2.48. The summed E-state index contributed by atoms with van der Waals surface area (Å²) in [5.41, 5.74) is 8.04. The number of nitrogens with zero attached hydrogens (tertiary/aromatic N) is 8. The number of amides is 1. The molecule has 1 amide bonds. The Kier molecular flexibility index (Phi) is 6.36. The standard InChI is InChI=1S/C29H29N9O/c1-4-26(39)37-9-11-38(12-10-37)29-30-16-24-27(35-29)28(32-17-31-24)34-22-7-6-21(19(2)13-22)14-20-5-8-25-23(15-20)33-18-36(25)3/h4-8,13,15-18H,1,9-12,14H2,2-3H3,(H,31,32,34). The molecule has 0 spiro atoms. The molecule has 0 bridgehead atoms. The Hall–Kier alpha value is -4.86. The third kappa shape index (κ3) is 4.88. The van der Waals surface area contributed by atoms with Gasteiger partial charge >= 0.3 is 0 Å². The molecule has 0 saturated carbocycles. The van der Waals surface area contributed by atoms with Crippen molar-refractivity contribution in [1.82, 2.24) is 34.4 Å². The number of aryl methyl sites for hydroxylation is 2. The molecule has 1 N–H and O–H groups in total. The van der Waals surface area contributed by atoms with Gasteiger partial charge in [0.1, 0.15) is 17.4 Å². The van der Waals surface area contributed by atoms with E-state index in [0.717, 1.165) is 23.1 Å². The van der Waals surface area contributed by atoms with Gasteiger partial charge in [-0.05, 0) is 60.4 Å². The number of hydrogen-bond donors (Lipinski definition) is 1. The van der Waals surface area contributed by atoms with Crippen LogP contribution in [0.2, 0.25) is 0 Å². The van der Waals surface area contributed by atoms with Gasteiger partial charge in [0.05, 0.1) is 23.6 Å². The van der Waals surface area contributed by atoms with Crippen molar-refractivity contribution >= 4 is 45.4 Å². The van der Waals surface area contributed by atoms with E-state index in [0.29, 0.717) is 49.0 Å². The van der Waals surface area contributed by atoms with Crippen molar-refractivity contribution in [2.24, 2.45) is 7.05 Å². The maximum absolute atomic E-state index is 11.9. The number of carbonyl (C=O) groups excluding carboxylic acids is 1. The van der Waals surface area contributed by atoms with Crippen molar-refractivity contribution in [2.45, 2.75) is 13.3 Å². The molecule has 2 aromatic carbocycles. The highest BCUT2D eigenvalue weighted by Crippen LogP contribution is 2.26. The molecule has 196 valence electrons. The van der Waals surface area contributed by atoms with Crippen LogP contribution in [0.5, 0.6) is 0 Å². The fraction of sp³-hybridized carbons (Fsp3) is 0.241. The number of nitrogens with one attached hydrogen (secondary N) is 1. The maximum atomic E-state index is 11.9. The minimum absolute atomic E-state index is 0.0513. The first-order valence-corrected chi connectivity index (χ1v) is 12.9. The van der Waals surface area contributed by atoms with Gasteiger partial charge in [0.15, 0.2) is 5.82 Å². The largest absolute Gasteiger partial charge is 0.338 e. The van der Waals surface area contributed by atoms with Gasteiger partial charge in [0.25, 0.3) is 0 Å². The molecule has 3 aromatic heterocycles. The summed E-state index contributed by atoms with van der Waals surface area (Å²) < 4.78 is 2.03. The van der Waals surface area contributed by atoms with Crippen LogP contribution < -0.4 is 10.2 Å². The summed E-state index contributed by atoms with van der Waals surface area (Å²) in [5.74, 6) is 1.17. The van der Waals surface area contributed by atoms with Crippen molar-refractivity contribution in [2.75, 3.05) is 36.4 Å². The topological polar surface area (TPSA) is 105 Å². The van der Waals surface area contributed by atoms with Crippen LogP contribution in [0.3, 0.4) is 0 Å². The minimum atomic E-state index is -0.0513. The van der Waals surface area contributed by atoms with Gasteiger partial charge in [-0.15, -0.1) is 0 Å². The molecule has 0 unspecified atom stereocenters. The summed E-state index contributed by atoms with van der Waals surface area (Å²) >= 11 is 0. The Bertz CT molecular complexity index is 1700. The molecule has 0 aliphatic carbocycles. The molecule has 10 nitrogen and oxygen atoms in total. The lowest BCUT2D eigenvalue weighted by molar-refractivity contribution is -0.126. The summed E-state index contributed by atoms with van der Waals surface area (Å²) in [5, 5.41) is 3.43. The van der Waals surface area contributed by atoms with Crippen LogP contribution in [-0.2, 0) is 18.3 Å². The van der Waals surface area contributed by atoms with Crippen molar-refractivity contribution < 1.29 is 4.79 Å². The van der Waals surface area contributed by atoms with Gasteiger partial charge in [0, 0.05) is 38.9 Å². The first-order chi connectivity index (χ1) is 19.0. The number of hydrogen-bond acceptors (Lipinski definition) is 8. The van der Waals surface area contributed by atoms with E-state index in [1.807, 2.05) is 17.9 Å². The zero-order valence-corrected chi connectivity index (χ0v) is 22.0. The normalized spacial score (nSPS) is 13.7. The molecule has 39 heavy (non-hydrogen) atoms. The molecule has 6 rings (SSSR count). The van der Waals surface area contributed by atoms with Crippen molar-refractivity contribution in [1.29, 1.82) is 0 Å². The zero-order chi connectivity index (χ0) is 26.9. The van der Waals surface area contributed by atoms with Crippen LogP contribution >= 0.6 is 0 Å². The van der Waals surface area contributed by atoms with Crippen LogP contribution in [0.25, 0.3) is 22.1 Å². The van der Waals surface area contributed by atoms with Gasteiger partial charge < -0.3 is 19.7 Å². The average molecular weight is 520 g/mol. The maximum Gasteiger partial charge on any atom is 0.246 e. The highest BCUT2D eigenvalue weighted by atomic mass is 16.2. The SMILES string of the molecule is C=CC(=O)N1CCN(c2ncc3ncnc(Nc4ccc(Cc5ccc6c(c5)ncn6C)c(C)c4)c3n2)CC1. The summed E-state index contributed by atoms with van der Waals surface area (Å²) in [6.45, 7) is 8.20. The first-order valence-electron chi connectivity index (χ1n) is 12.9. The van der Waals surface area contributed by atoms with E-state index in [9.17, 15) is 4.79 Å². The third-order valence-electron chi connectivity index (χ3n) is 7.20. The van der Waals surface area contributed by atoms with E-state index in [4.69, 9.17) is 4.98 Å². The fourth-order valence-electron chi connectivity index (χ4n) is 4.96. The second kappa shape index (κ2) is 10.1. The molecule has 1 aliphatic rings. The Labute approximate surface area is 226 Å². The molecule has 10 heteroatoms. The highest BCUT2D eigenvalue weighted by molar-refractivity contribution is 5.88. The van der Waals surface area contributed by atoms with Gasteiger partial charge in [-0.25, -0.2) is 24.9 Å². The van der Waals surface area contributed by atoms with E-state index in [1.165, 1.54) is 29.1 Å². The van der Waals surface area contributed by atoms with E-state index in [2.05, 4.69) is 80.1 Å². The van der Waals surface area contributed by atoms with E-state index < -0.39 is 0 Å². The number of imidazole rings is 1. The quantitative estimate of drug-likeness (QED) is 0.338. The van der Waals surface area contributed by atoms with E-state index in [1.54, 1.807) is 11.1 Å². The summed E-state index contributed by atoms with van der Waals surface area (Å²) in [6.07, 6.45) is 7.27. The number of piperazine rings is 1. The number of rotatable bonds is 6. The van der Waals surface area contributed by atoms with Gasteiger partial charge in [-0.3, -0.25) is 4.79 Å². The van der Waals surface area contributed by atoms with Crippen molar-refractivity contribution in [3.8, 4) is 0 Å². The number of anilines is 3. The second-order valence-corrected chi connectivity index (χ2v) is 9.76. The molecular formula is C29H29N9O. The van der Waals surface area contributed by atoms with Crippen LogP contribution in [-0.4, -0.2) is 66.5 Å². The van der Waals surface area contributed by atoms with Crippen LogP contribution in [0, 0.1) is 6.92 Å². The summed E-state index contributed by atoms with van der Waals surface area (Å²) in [7, 11) is 2.01. The summed E-state index contributed by atoms with van der Waals surface area (Å²) in [6, 6.07) is 12.8. The van der Waals surface area contributed by atoms with Gasteiger partial charge in [0.2, 0.25) is 11.9 Å². The van der Waals surface area contributed by atoms with E-state index >= 15 is 0 Å². The van der Waals surface area contributed by atoms with E-state index in [-0.39, 0.29) is 5.91 Å². The monoisotopic (exact) mass is 519 g/mol. The Morgan fingerprint density at radius 1 is 1.03 bits per heavy atom. The lowest BCUT2D eigenvalue weighted by atomic mass is 9.99. The van der Waals surface area contributed by atoms with Crippen LogP contribution in [0.4, 0.5) is 17.5 Å². The average Bonchev–Trinajstić information content (AvgIpc) is 3.34. The highest BCUT2D eigenvalue weighted by Gasteiger charge is 2.22. The molecule has 1 fully saturated rings. The molecule has 0 radical (unpaired) electrons. The number of carbonyl (C=O) groups is 1. The fourth-order valence-corrected chi connectivity index (χ4v) is 4.96. The zero-order valence-electron chi connectivity index (χ0n) is 22.0. The first kappa shape index (κ1) is 24.5. The van der Waals surface area contributed by atoms with Crippen LogP contribution in [0.15, 0.2) is 67.9 Å². The molecule has 5 aromatic rings. The molecule has 4 heterocycles.